The van der Waals surface area contributed by atoms with Crippen LogP contribution in [0, 0.1) is 0 Å². The monoisotopic (exact) mass is 237 g/mol. The highest BCUT2D eigenvalue weighted by molar-refractivity contribution is 5.94. The number of hydrogen-bond acceptors (Lipinski definition) is 3. The molecule has 0 fully saturated rings. The fourth-order valence-electron chi connectivity index (χ4n) is 1.37. The maximum atomic E-state index is 11.7. The predicted octanol–water partition coefficient (Wildman–Crippen LogP) is 1.20. The average Bonchev–Trinajstić information content (AvgIpc) is 2.35. The fourth-order valence-corrected chi connectivity index (χ4v) is 1.37. The molecule has 0 aliphatic heterocycles. The molecule has 1 amide bonds. The Morgan fingerprint density at radius 2 is 2.06 bits per heavy atom. The molecule has 0 heterocycles. The van der Waals surface area contributed by atoms with Crippen LogP contribution < -0.4 is 5.32 Å². The molecule has 94 valence electrons. The van der Waals surface area contributed by atoms with E-state index in [-0.39, 0.29) is 12.5 Å². The van der Waals surface area contributed by atoms with Crippen LogP contribution in [-0.4, -0.2) is 36.9 Å². The molecule has 0 saturated carbocycles. The second kappa shape index (κ2) is 6.37. The number of hydrogen-bond donors (Lipinski definition) is 2. The summed E-state index contributed by atoms with van der Waals surface area (Å²) in [7, 11) is 1.58. The first-order valence-corrected chi connectivity index (χ1v) is 5.60. The minimum atomic E-state index is -0.944. The quantitative estimate of drug-likeness (QED) is 0.781. The standard InChI is InChI=1S/C13H19NO3/c1-13(16,8-9-17-2)10-14-12(15)11-6-4-3-5-7-11/h3-7,16H,8-10H2,1-2H3,(H,14,15). The van der Waals surface area contributed by atoms with Crippen LogP contribution in [0.3, 0.4) is 0 Å². The summed E-state index contributed by atoms with van der Waals surface area (Å²) in [6.45, 7) is 2.36. The number of amides is 1. The zero-order chi connectivity index (χ0) is 12.7. The van der Waals surface area contributed by atoms with E-state index in [2.05, 4.69) is 5.32 Å². The number of carbonyl (C=O) groups is 1. The minimum Gasteiger partial charge on any atom is -0.388 e. The summed E-state index contributed by atoms with van der Waals surface area (Å²) in [5.41, 5.74) is -0.351. The van der Waals surface area contributed by atoms with Crippen LogP contribution in [0.1, 0.15) is 23.7 Å². The highest BCUT2D eigenvalue weighted by Gasteiger charge is 2.20. The van der Waals surface area contributed by atoms with Crippen molar-refractivity contribution in [2.24, 2.45) is 0 Å². The third-order valence-electron chi connectivity index (χ3n) is 2.51. The Labute approximate surface area is 102 Å². The molecule has 0 radical (unpaired) electrons. The number of methoxy groups -OCH3 is 1. The van der Waals surface area contributed by atoms with E-state index in [9.17, 15) is 9.90 Å². The Hall–Kier alpha value is -1.39. The number of carbonyl (C=O) groups excluding carboxylic acids is 1. The third kappa shape index (κ3) is 4.97. The summed E-state index contributed by atoms with van der Waals surface area (Å²) in [6, 6.07) is 8.93. The van der Waals surface area contributed by atoms with Crippen molar-refractivity contribution in [2.75, 3.05) is 20.3 Å². The van der Waals surface area contributed by atoms with Crippen LogP contribution in [0.15, 0.2) is 30.3 Å². The summed E-state index contributed by atoms with van der Waals surface area (Å²) in [4.78, 5) is 11.7. The SMILES string of the molecule is COCCC(C)(O)CNC(=O)c1ccccc1. The lowest BCUT2D eigenvalue weighted by molar-refractivity contribution is 0.0243. The first kappa shape index (κ1) is 13.7. The van der Waals surface area contributed by atoms with Gasteiger partial charge in [0.05, 0.1) is 5.60 Å². The first-order valence-electron chi connectivity index (χ1n) is 5.60. The normalized spacial score (nSPS) is 14.1. The van der Waals surface area contributed by atoms with Crippen molar-refractivity contribution in [3.63, 3.8) is 0 Å². The van der Waals surface area contributed by atoms with Crippen molar-refractivity contribution in [2.45, 2.75) is 18.9 Å². The Balaban J connectivity index is 2.43. The molecule has 0 aliphatic rings. The van der Waals surface area contributed by atoms with Crippen LogP contribution >= 0.6 is 0 Å². The highest BCUT2D eigenvalue weighted by atomic mass is 16.5. The number of ether oxygens (including phenoxy) is 1. The lowest BCUT2D eigenvalue weighted by atomic mass is 10.0. The van der Waals surface area contributed by atoms with Gasteiger partial charge in [-0.05, 0) is 19.1 Å². The average molecular weight is 237 g/mol. The van der Waals surface area contributed by atoms with Gasteiger partial charge in [0.15, 0.2) is 0 Å². The highest BCUT2D eigenvalue weighted by Crippen LogP contribution is 2.08. The number of aliphatic hydroxyl groups is 1. The summed E-state index contributed by atoms with van der Waals surface area (Å²) < 4.78 is 4.90. The topological polar surface area (TPSA) is 58.6 Å². The molecular formula is C13H19NO3. The Morgan fingerprint density at radius 3 is 2.65 bits per heavy atom. The van der Waals surface area contributed by atoms with Crippen molar-refractivity contribution >= 4 is 5.91 Å². The van der Waals surface area contributed by atoms with Gasteiger partial charge in [-0.15, -0.1) is 0 Å². The summed E-state index contributed by atoms with van der Waals surface area (Å²) >= 11 is 0. The molecule has 0 bridgehead atoms. The first-order chi connectivity index (χ1) is 8.05. The molecule has 0 saturated heterocycles. The summed E-state index contributed by atoms with van der Waals surface area (Å²) in [6.07, 6.45) is 0.485. The molecule has 1 rings (SSSR count). The van der Waals surface area contributed by atoms with Gasteiger partial charge in [0.2, 0.25) is 0 Å². The van der Waals surface area contributed by atoms with Gasteiger partial charge in [0.25, 0.3) is 5.91 Å². The third-order valence-corrected chi connectivity index (χ3v) is 2.51. The maximum Gasteiger partial charge on any atom is 0.251 e. The van der Waals surface area contributed by atoms with E-state index in [1.165, 1.54) is 0 Å². The Bertz CT molecular complexity index is 349. The van der Waals surface area contributed by atoms with E-state index in [1.807, 2.05) is 6.07 Å². The van der Waals surface area contributed by atoms with E-state index in [1.54, 1.807) is 38.3 Å². The zero-order valence-corrected chi connectivity index (χ0v) is 10.3. The van der Waals surface area contributed by atoms with Gasteiger partial charge in [-0.2, -0.15) is 0 Å². The van der Waals surface area contributed by atoms with E-state index >= 15 is 0 Å². The number of rotatable bonds is 6. The Morgan fingerprint density at radius 1 is 1.41 bits per heavy atom. The van der Waals surface area contributed by atoms with Gasteiger partial charge in [-0.1, -0.05) is 18.2 Å². The zero-order valence-electron chi connectivity index (χ0n) is 10.3. The number of benzene rings is 1. The molecule has 1 unspecified atom stereocenters. The van der Waals surface area contributed by atoms with Crippen molar-refractivity contribution in [1.29, 1.82) is 0 Å². The van der Waals surface area contributed by atoms with Crippen LogP contribution in [0.25, 0.3) is 0 Å². The molecule has 1 aromatic rings. The van der Waals surface area contributed by atoms with Gasteiger partial charge < -0.3 is 15.2 Å². The van der Waals surface area contributed by atoms with Crippen molar-refractivity contribution in [3.8, 4) is 0 Å². The van der Waals surface area contributed by atoms with Crippen molar-refractivity contribution in [3.05, 3.63) is 35.9 Å². The van der Waals surface area contributed by atoms with Gasteiger partial charge in [0.1, 0.15) is 0 Å². The van der Waals surface area contributed by atoms with Crippen LogP contribution in [0.5, 0.6) is 0 Å². The summed E-state index contributed by atoms with van der Waals surface area (Å²) in [5.74, 6) is -0.178. The van der Waals surface area contributed by atoms with Gasteiger partial charge in [-0.3, -0.25) is 4.79 Å². The largest absolute Gasteiger partial charge is 0.388 e. The van der Waals surface area contributed by atoms with E-state index in [0.29, 0.717) is 18.6 Å². The molecular weight excluding hydrogens is 218 g/mol. The smallest absolute Gasteiger partial charge is 0.251 e. The molecule has 0 aromatic heterocycles. The van der Waals surface area contributed by atoms with Crippen LogP contribution in [0.2, 0.25) is 0 Å². The van der Waals surface area contributed by atoms with Crippen LogP contribution in [0.4, 0.5) is 0 Å². The molecule has 0 aliphatic carbocycles. The lowest BCUT2D eigenvalue weighted by Gasteiger charge is -2.23. The number of nitrogens with one attached hydrogen (secondary N) is 1. The molecule has 4 heteroatoms. The predicted molar refractivity (Wildman–Crippen MR) is 65.9 cm³/mol. The second-order valence-corrected chi connectivity index (χ2v) is 4.29. The van der Waals surface area contributed by atoms with Gasteiger partial charge in [0, 0.05) is 32.2 Å². The Kier molecular flexibility index (Phi) is 5.12. The van der Waals surface area contributed by atoms with Crippen molar-refractivity contribution < 1.29 is 14.6 Å². The van der Waals surface area contributed by atoms with E-state index < -0.39 is 5.60 Å². The molecule has 2 N–H and O–H groups in total. The molecule has 4 nitrogen and oxygen atoms in total. The molecule has 1 aromatic carbocycles. The van der Waals surface area contributed by atoms with E-state index in [4.69, 9.17) is 4.74 Å². The minimum absolute atomic E-state index is 0.178. The second-order valence-electron chi connectivity index (χ2n) is 4.29. The molecule has 1 atom stereocenters. The van der Waals surface area contributed by atoms with Gasteiger partial charge >= 0.3 is 0 Å². The maximum absolute atomic E-state index is 11.7. The van der Waals surface area contributed by atoms with Gasteiger partial charge in [-0.25, -0.2) is 0 Å². The van der Waals surface area contributed by atoms with E-state index in [0.717, 1.165) is 0 Å². The van der Waals surface area contributed by atoms with Crippen LogP contribution in [-0.2, 0) is 4.74 Å². The lowest BCUT2D eigenvalue weighted by Crippen LogP contribution is -2.41. The molecule has 0 spiro atoms. The summed E-state index contributed by atoms with van der Waals surface area (Å²) in [5, 5.41) is 12.7. The fraction of sp³-hybridized carbons (Fsp3) is 0.462. The molecule has 17 heavy (non-hydrogen) atoms. The van der Waals surface area contributed by atoms with Crippen molar-refractivity contribution in [1.82, 2.24) is 5.32 Å².